The first kappa shape index (κ1) is 8.73. The first-order valence-corrected chi connectivity index (χ1v) is 4.83. The molecule has 0 aliphatic heterocycles. The third-order valence-corrected chi connectivity index (χ3v) is 2.63. The zero-order valence-corrected chi connectivity index (χ0v) is 8.08. The minimum absolute atomic E-state index is 0.571. The van der Waals surface area contributed by atoms with Crippen molar-refractivity contribution in [3.8, 4) is 6.07 Å². The summed E-state index contributed by atoms with van der Waals surface area (Å²) >= 11 is 1.45. The van der Waals surface area contributed by atoms with Gasteiger partial charge in [0.25, 0.3) is 0 Å². The molecule has 0 saturated carbocycles. The number of rotatable bonds is 1. The Kier molecular flexibility index (Phi) is 2.17. The van der Waals surface area contributed by atoms with Gasteiger partial charge in [0.1, 0.15) is 0 Å². The standard InChI is InChI=1S/C10H7N3S/c11-5-1-2-7-3-4-8-9(6-7)14-10(12)13-8/h1-4,6H,(H2,12,13). The van der Waals surface area contributed by atoms with Gasteiger partial charge in [-0.25, -0.2) is 4.98 Å². The monoisotopic (exact) mass is 201 g/mol. The van der Waals surface area contributed by atoms with E-state index < -0.39 is 0 Å². The first-order chi connectivity index (χ1) is 6.79. The largest absolute Gasteiger partial charge is 0.375 e. The summed E-state index contributed by atoms with van der Waals surface area (Å²) < 4.78 is 1.04. The predicted molar refractivity (Wildman–Crippen MR) is 58.7 cm³/mol. The Hall–Kier alpha value is -1.86. The molecule has 0 amide bonds. The molecule has 0 saturated heterocycles. The van der Waals surface area contributed by atoms with E-state index in [1.165, 1.54) is 17.4 Å². The van der Waals surface area contributed by atoms with Crippen LogP contribution in [0.1, 0.15) is 5.56 Å². The minimum Gasteiger partial charge on any atom is -0.375 e. The highest BCUT2D eigenvalue weighted by atomic mass is 32.1. The van der Waals surface area contributed by atoms with Crippen molar-refractivity contribution in [1.29, 1.82) is 5.26 Å². The van der Waals surface area contributed by atoms with Crippen LogP contribution >= 0.6 is 11.3 Å². The van der Waals surface area contributed by atoms with Gasteiger partial charge in [-0.15, -0.1) is 0 Å². The van der Waals surface area contributed by atoms with E-state index in [0.717, 1.165) is 15.8 Å². The third-order valence-electron chi connectivity index (χ3n) is 1.78. The van der Waals surface area contributed by atoms with E-state index in [1.807, 2.05) is 24.3 Å². The van der Waals surface area contributed by atoms with Gasteiger partial charge in [-0.3, -0.25) is 0 Å². The van der Waals surface area contributed by atoms with Crippen molar-refractivity contribution in [2.75, 3.05) is 5.73 Å². The van der Waals surface area contributed by atoms with Crippen LogP contribution in [0.4, 0.5) is 5.13 Å². The van der Waals surface area contributed by atoms with Gasteiger partial charge in [0.15, 0.2) is 5.13 Å². The molecule has 14 heavy (non-hydrogen) atoms. The van der Waals surface area contributed by atoms with Gasteiger partial charge in [0, 0.05) is 6.08 Å². The number of thiazole rings is 1. The second-order valence-corrected chi connectivity index (χ2v) is 3.80. The number of nitrogens with zero attached hydrogens (tertiary/aromatic N) is 2. The molecule has 0 bridgehead atoms. The van der Waals surface area contributed by atoms with Crippen LogP contribution < -0.4 is 5.73 Å². The highest BCUT2D eigenvalue weighted by molar-refractivity contribution is 7.22. The maximum Gasteiger partial charge on any atom is 0.181 e. The number of benzene rings is 1. The average molecular weight is 201 g/mol. The zero-order chi connectivity index (χ0) is 9.97. The highest BCUT2D eigenvalue weighted by Crippen LogP contribution is 2.24. The molecule has 1 heterocycles. The molecule has 1 aromatic heterocycles. The Morgan fingerprint density at radius 2 is 2.36 bits per heavy atom. The molecule has 0 radical (unpaired) electrons. The van der Waals surface area contributed by atoms with Crippen molar-refractivity contribution >= 4 is 32.8 Å². The van der Waals surface area contributed by atoms with E-state index in [1.54, 1.807) is 6.08 Å². The van der Waals surface area contributed by atoms with E-state index in [9.17, 15) is 0 Å². The topological polar surface area (TPSA) is 62.7 Å². The van der Waals surface area contributed by atoms with E-state index >= 15 is 0 Å². The molecular weight excluding hydrogens is 194 g/mol. The zero-order valence-electron chi connectivity index (χ0n) is 7.27. The van der Waals surface area contributed by atoms with Crippen molar-refractivity contribution in [2.24, 2.45) is 0 Å². The molecule has 3 nitrogen and oxygen atoms in total. The van der Waals surface area contributed by atoms with Crippen molar-refractivity contribution in [2.45, 2.75) is 0 Å². The lowest BCUT2D eigenvalue weighted by atomic mass is 10.2. The Labute approximate surface area is 85.1 Å². The lowest BCUT2D eigenvalue weighted by Crippen LogP contribution is -1.78. The molecule has 2 N–H and O–H groups in total. The second-order valence-electron chi connectivity index (χ2n) is 2.74. The molecule has 4 heteroatoms. The number of nitrogens with two attached hydrogens (primary N) is 1. The van der Waals surface area contributed by atoms with Crippen LogP contribution in [-0.2, 0) is 0 Å². The Morgan fingerprint density at radius 3 is 3.14 bits per heavy atom. The van der Waals surface area contributed by atoms with Crippen molar-refractivity contribution in [1.82, 2.24) is 4.98 Å². The fraction of sp³-hybridized carbons (Fsp3) is 0. The van der Waals surface area contributed by atoms with Gasteiger partial charge in [0.2, 0.25) is 0 Å². The maximum absolute atomic E-state index is 8.38. The molecule has 0 spiro atoms. The summed E-state index contributed by atoms with van der Waals surface area (Å²) in [6, 6.07) is 7.74. The van der Waals surface area contributed by atoms with Crippen molar-refractivity contribution in [3.63, 3.8) is 0 Å². The lowest BCUT2D eigenvalue weighted by Gasteiger charge is -1.90. The Balaban J connectivity index is 2.51. The van der Waals surface area contributed by atoms with Crippen LogP contribution in [0.25, 0.3) is 16.3 Å². The molecule has 2 aromatic rings. The van der Waals surface area contributed by atoms with Crippen LogP contribution in [0.15, 0.2) is 24.3 Å². The molecule has 68 valence electrons. The van der Waals surface area contributed by atoms with Gasteiger partial charge < -0.3 is 5.73 Å². The average Bonchev–Trinajstić information content (AvgIpc) is 2.54. The molecule has 0 unspecified atom stereocenters. The molecule has 0 aliphatic rings. The lowest BCUT2D eigenvalue weighted by molar-refractivity contribution is 1.49. The van der Waals surface area contributed by atoms with Crippen LogP contribution in [0.3, 0.4) is 0 Å². The SMILES string of the molecule is N#CC=Cc1ccc2nc(N)sc2c1. The van der Waals surface area contributed by atoms with Gasteiger partial charge in [0.05, 0.1) is 16.3 Å². The van der Waals surface area contributed by atoms with Crippen LogP contribution in [-0.4, -0.2) is 4.98 Å². The number of aromatic nitrogens is 1. The Morgan fingerprint density at radius 1 is 1.50 bits per heavy atom. The van der Waals surface area contributed by atoms with Crippen molar-refractivity contribution in [3.05, 3.63) is 29.8 Å². The van der Waals surface area contributed by atoms with Gasteiger partial charge in [-0.05, 0) is 23.8 Å². The van der Waals surface area contributed by atoms with E-state index in [0.29, 0.717) is 5.13 Å². The molecule has 2 rings (SSSR count). The number of fused-ring (bicyclic) bond motifs is 1. The normalized spacial score (nSPS) is 10.8. The molecular formula is C10H7N3S. The fourth-order valence-corrected chi connectivity index (χ4v) is 1.98. The third kappa shape index (κ3) is 1.58. The van der Waals surface area contributed by atoms with E-state index in [4.69, 9.17) is 11.0 Å². The van der Waals surface area contributed by atoms with Gasteiger partial charge >= 0.3 is 0 Å². The van der Waals surface area contributed by atoms with Gasteiger partial charge in [-0.1, -0.05) is 17.4 Å². The minimum atomic E-state index is 0.571. The van der Waals surface area contributed by atoms with Gasteiger partial charge in [-0.2, -0.15) is 5.26 Å². The number of nitrogen functional groups attached to an aromatic ring is 1. The smallest absolute Gasteiger partial charge is 0.181 e. The summed E-state index contributed by atoms with van der Waals surface area (Å²) in [5, 5.41) is 8.95. The number of anilines is 1. The quantitative estimate of drug-likeness (QED) is 0.720. The van der Waals surface area contributed by atoms with Crippen LogP contribution in [0.2, 0.25) is 0 Å². The summed E-state index contributed by atoms with van der Waals surface area (Å²) in [6.45, 7) is 0. The maximum atomic E-state index is 8.38. The predicted octanol–water partition coefficient (Wildman–Crippen LogP) is 2.42. The second kappa shape index (κ2) is 3.48. The highest BCUT2D eigenvalue weighted by Gasteiger charge is 1.99. The van der Waals surface area contributed by atoms with E-state index in [2.05, 4.69) is 4.98 Å². The van der Waals surface area contributed by atoms with Crippen LogP contribution in [0, 0.1) is 11.3 Å². The number of allylic oxidation sites excluding steroid dienone is 1. The fourth-order valence-electron chi connectivity index (χ4n) is 1.20. The number of hydrogen-bond donors (Lipinski definition) is 1. The molecule has 0 atom stereocenters. The number of hydrogen-bond acceptors (Lipinski definition) is 4. The molecule has 0 fully saturated rings. The summed E-state index contributed by atoms with van der Waals surface area (Å²) in [5.41, 5.74) is 7.47. The van der Waals surface area contributed by atoms with E-state index in [-0.39, 0.29) is 0 Å². The summed E-state index contributed by atoms with van der Waals surface area (Å²) in [7, 11) is 0. The molecule has 0 aliphatic carbocycles. The first-order valence-electron chi connectivity index (χ1n) is 4.02. The Bertz CT molecular complexity index is 534. The van der Waals surface area contributed by atoms with Crippen molar-refractivity contribution < 1.29 is 0 Å². The summed E-state index contributed by atoms with van der Waals surface area (Å²) in [6.07, 6.45) is 3.21. The van der Waals surface area contributed by atoms with Crippen LogP contribution in [0.5, 0.6) is 0 Å². The number of nitriles is 1. The molecule has 1 aromatic carbocycles. The summed E-state index contributed by atoms with van der Waals surface area (Å²) in [4.78, 5) is 4.14. The summed E-state index contributed by atoms with van der Waals surface area (Å²) in [5.74, 6) is 0.